The first-order valence-electron chi connectivity index (χ1n) is 11.6. The molecule has 1 aliphatic heterocycles. The van der Waals surface area contributed by atoms with Gasteiger partial charge >= 0.3 is 0 Å². The molecule has 0 radical (unpaired) electrons. The predicted octanol–water partition coefficient (Wildman–Crippen LogP) is 5.43. The third-order valence-corrected chi connectivity index (χ3v) is 6.08. The molecule has 0 aliphatic carbocycles. The van der Waals surface area contributed by atoms with Gasteiger partial charge in [-0.15, -0.1) is 0 Å². The number of amides is 1. The number of Topliss-reactive ketones (excluding diaryl/α,β-unsaturated/α-hetero) is 1. The molecule has 2 heterocycles. The minimum absolute atomic E-state index is 0.00456. The number of aliphatic hydroxyl groups excluding tert-OH is 1. The Kier molecular flexibility index (Phi) is 6.96. The molecular formula is C28H29NO6. The van der Waals surface area contributed by atoms with Crippen molar-refractivity contribution in [1.82, 2.24) is 4.90 Å². The fourth-order valence-corrected chi connectivity index (χ4v) is 4.42. The topological polar surface area (TPSA) is 89.2 Å². The maximum Gasteiger partial charge on any atom is 0.296 e. The minimum atomic E-state index is -0.856. The average Bonchev–Trinajstić information content (AvgIpc) is 3.46. The lowest BCUT2D eigenvalue weighted by atomic mass is 9.92. The van der Waals surface area contributed by atoms with Crippen molar-refractivity contribution < 1.29 is 28.6 Å². The monoisotopic (exact) mass is 475 g/mol. The van der Waals surface area contributed by atoms with E-state index in [2.05, 4.69) is 0 Å². The second-order valence-electron chi connectivity index (χ2n) is 8.59. The van der Waals surface area contributed by atoms with Crippen molar-refractivity contribution >= 4 is 17.4 Å². The number of methoxy groups -OCH3 is 1. The Morgan fingerprint density at radius 3 is 2.51 bits per heavy atom. The fourth-order valence-electron chi connectivity index (χ4n) is 4.42. The van der Waals surface area contributed by atoms with Crippen molar-refractivity contribution in [3.8, 4) is 11.5 Å². The number of ketones is 1. The van der Waals surface area contributed by atoms with Crippen molar-refractivity contribution in [2.45, 2.75) is 39.3 Å². The third kappa shape index (κ3) is 4.54. The molecule has 1 atom stereocenters. The number of ether oxygens (including phenoxy) is 2. The molecule has 1 N–H and O–H groups in total. The predicted molar refractivity (Wildman–Crippen MR) is 131 cm³/mol. The van der Waals surface area contributed by atoms with Gasteiger partial charge in [-0.1, -0.05) is 32.0 Å². The minimum Gasteiger partial charge on any atom is -0.507 e. The zero-order valence-electron chi connectivity index (χ0n) is 20.3. The summed E-state index contributed by atoms with van der Waals surface area (Å²) in [6.45, 7) is 6.54. The van der Waals surface area contributed by atoms with Crippen LogP contribution in [0.1, 0.15) is 55.2 Å². The van der Waals surface area contributed by atoms with Crippen molar-refractivity contribution in [3.05, 3.63) is 88.9 Å². The summed E-state index contributed by atoms with van der Waals surface area (Å²) < 4.78 is 16.7. The van der Waals surface area contributed by atoms with E-state index >= 15 is 0 Å². The van der Waals surface area contributed by atoms with E-state index in [4.69, 9.17) is 13.9 Å². The molecule has 1 aliphatic rings. The van der Waals surface area contributed by atoms with Crippen molar-refractivity contribution in [2.24, 2.45) is 0 Å². The second kappa shape index (κ2) is 10.1. The highest BCUT2D eigenvalue weighted by Gasteiger charge is 2.47. The van der Waals surface area contributed by atoms with E-state index in [0.29, 0.717) is 29.2 Å². The molecule has 7 heteroatoms. The molecule has 1 saturated heterocycles. The quantitative estimate of drug-likeness (QED) is 0.265. The fraction of sp³-hybridized carbons (Fsp3) is 0.286. The summed E-state index contributed by atoms with van der Waals surface area (Å²) in [6.07, 6.45) is 1.51. The van der Waals surface area contributed by atoms with Crippen LogP contribution in [-0.2, 0) is 16.1 Å². The summed E-state index contributed by atoms with van der Waals surface area (Å²) in [5, 5.41) is 11.4. The highest BCUT2D eigenvalue weighted by molar-refractivity contribution is 6.46. The van der Waals surface area contributed by atoms with Crippen LogP contribution in [0.5, 0.6) is 11.5 Å². The van der Waals surface area contributed by atoms with Gasteiger partial charge in [0, 0.05) is 11.1 Å². The first kappa shape index (κ1) is 24.1. The number of nitrogens with zero attached hydrogens (tertiary/aromatic N) is 1. The summed E-state index contributed by atoms with van der Waals surface area (Å²) >= 11 is 0. The average molecular weight is 476 g/mol. The molecule has 1 aromatic heterocycles. The number of rotatable bonds is 8. The lowest BCUT2D eigenvalue weighted by molar-refractivity contribution is -0.140. The highest BCUT2D eigenvalue weighted by atomic mass is 16.5. The first-order chi connectivity index (χ1) is 16.9. The number of hydrogen-bond acceptors (Lipinski definition) is 6. The number of carbonyl (C=O) groups is 2. The number of carbonyl (C=O) groups excluding carboxylic acids is 2. The number of aliphatic hydroxyl groups is 1. The van der Waals surface area contributed by atoms with Gasteiger partial charge in [-0.2, -0.15) is 0 Å². The van der Waals surface area contributed by atoms with Crippen LogP contribution in [0.4, 0.5) is 0 Å². The van der Waals surface area contributed by atoms with E-state index in [1.807, 2.05) is 32.9 Å². The zero-order chi connectivity index (χ0) is 25.1. The Labute approximate surface area is 204 Å². The van der Waals surface area contributed by atoms with Gasteiger partial charge in [-0.3, -0.25) is 9.59 Å². The molecule has 0 spiro atoms. The van der Waals surface area contributed by atoms with Gasteiger partial charge < -0.3 is 23.9 Å². The Hall–Kier alpha value is -4.00. The van der Waals surface area contributed by atoms with Crippen LogP contribution >= 0.6 is 0 Å². The number of para-hydroxylation sites is 1. The van der Waals surface area contributed by atoms with Crippen LogP contribution < -0.4 is 9.47 Å². The van der Waals surface area contributed by atoms with Gasteiger partial charge in [0.25, 0.3) is 11.7 Å². The van der Waals surface area contributed by atoms with Crippen LogP contribution in [0.3, 0.4) is 0 Å². The summed E-state index contributed by atoms with van der Waals surface area (Å²) in [5.41, 5.74) is 1.94. The summed E-state index contributed by atoms with van der Waals surface area (Å²) in [5.74, 6) is 0.151. The smallest absolute Gasteiger partial charge is 0.296 e. The van der Waals surface area contributed by atoms with E-state index in [-0.39, 0.29) is 23.8 Å². The summed E-state index contributed by atoms with van der Waals surface area (Å²) in [4.78, 5) is 27.9. The molecular weight excluding hydrogens is 446 g/mol. The Balaban J connectivity index is 1.90. The number of likely N-dealkylation sites (tertiary alicyclic amines) is 1. The highest BCUT2D eigenvalue weighted by Crippen LogP contribution is 2.44. The van der Waals surface area contributed by atoms with Gasteiger partial charge in [-0.05, 0) is 54.8 Å². The van der Waals surface area contributed by atoms with Gasteiger partial charge in [-0.25, -0.2) is 0 Å². The van der Waals surface area contributed by atoms with E-state index < -0.39 is 17.7 Å². The Morgan fingerprint density at radius 2 is 1.86 bits per heavy atom. The van der Waals surface area contributed by atoms with Gasteiger partial charge in [0.15, 0.2) is 0 Å². The maximum atomic E-state index is 13.3. The van der Waals surface area contributed by atoms with E-state index in [9.17, 15) is 14.7 Å². The molecule has 7 nitrogen and oxygen atoms in total. The van der Waals surface area contributed by atoms with Crippen LogP contribution in [0, 0.1) is 0 Å². The Bertz CT molecular complexity index is 1260. The van der Waals surface area contributed by atoms with Crippen molar-refractivity contribution in [2.75, 3.05) is 13.7 Å². The molecule has 1 fully saturated rings. The number of benzene rings is 2. The first-order valence-corrected chi connectivity index (χ1v) is 11.6. The van der Waals surface area contributed by atoms with E-state index in [1.54, 1.807) is 42.5 Å². The van der Waals surface area contributed by atoms with Crippen LogP contribution in [0.25, 0.3) is 5.76 Å². The van der Waals surface area contributed by atoms with Crippen molar-refractivity contribution in [3.63, 3.8) is 0 Å². The maximum absolute atomic E-state index is 13.3. The molecule has 2 aromatic carbocycles. The lowest BCUT2D eigenvalue weighted by Gasteiger charge is -2.26. The van der Waals surface area contributed by atoms with Gasteiger partial charge in [0.1, 0.15) is 23.0 Å². The van der Waals surface area contributed by atoms with Gasteiger partial charge in [0.05, 0.1) is 38.1 Å². The standard InChI is InChI=1S/C28H29NO6/c1-5-34-23-13-12-18(15-21(23)17(2)3)26(30)24-25(20-10-6-7-11-22(20)33-4)29(28(32)27(24)31)16-19-9-8-14-35-19/h6-15,17,25,30H,5,16H2,1-4H3/b26-24+. The van der Waals surface area contributed by atoms with E-state index in [0.717, 1.165) is 11.3 Å². The van der Waals surface area contributed by atoms with Crippen LogP contribution in [-0.4, -0.2) is 35.4 Å². The van der Waals surface area contributed by atoms with Crippen molar-refractivity contribution in [1.29, 1.82) is 0 Å². The van der Waals surface area contributed by atoms with Crippen LogP contribution in [0.15, 0.2) is 70.9 Å². The van der Waals surface area contributed by atoms with Crippen LogP contribution in [0.2, 0.25) is 0 Å². The van der Waals surface area contributed by atoms with E-state index in [1.165, 1.54) is 18.3 Å². The summed E-state index contributed by atoms with van der Waals surface area (Å²) in [6, 6.07) is 15.1. The lowest BCUT2D eigenvalue weighted by Crippen LogP contribution is -2.29. The summed E-state index contributed by atoms with van der Waals surface area (Å²) in [7, 11) is 1.53. The normalized spacial score (nSPS) is 17.3. The zero-order valence-corrected chi connectivity index (χ0v) is 20.3. The second-order valence-corrected chi connectivity index (χ2v) is 8.59. The SMILES string of the molecule is CCOc1ccc(/C(O)=C2\C(=O)C(=O)N(Cc3ccco3)C2c2ccccc2OC)cc1C(C)C. The Morgan fingerprint density at radius 1 is 1.09 bits per heavy atom. The molecule has 182 valence electrons. The number of furan rings is 1. The molecule has 1 unspecified atom stereocenters. The molecule has 0 saturated carbocycles. The largest absolute Gasteiger partial charge is 0.507 e. The number of hydrogen-bond donors (Lipinski definition) is 1. The molecule has 0 bridgehead atoms. The molecule has 3 aromatic rings. The third-order valence-electron chi connectivity index (χ3n) is 6.08. The molecule has 4 rings (SSSR count). The van der Waals surface area contributed by atoms with Gasteiger partial charge in [0.2, 0.25) is 0 Å². The molecule has 35 heavy (non-hydrogen) atoms. The molecule has 1 amide bonds.